The van der Waals surface area contributed by atoms with Crippen molar-refractivity contribution in [2.45, 2.75) is 25.4 Å². The molecule has 3 rings (SSSR count). The fourth-order valence-electron chi connectivity index (χ4n) is 3.59. The molecule has 1 amide bonds. The molecular formula is C17H22ClFN2O2. The van der Waals surface area contributed by atoms with Crippen LogP contribution in [-0.4, -0.2) is 55.1 Å². The first-order valence-corrected chi connectivity index (χ1v) is 8.42. The van der Waals surface area contributed by atoms with Crippen LogP contribution in [0.2, 0.25) is 5.02 Å². The number of piperidine rings is 2. The summed E-state index contributed by atoms with van der Waals surface area (Å²) in [6.45, 7) is 3.58. The molecule has 2 bridgehead atoms. The minimum atomic E-state index is -0.409. The highest BCUT2D eigenvalue weighted by atomic mass is 35.5. The first-order valence-electron chi connectivity index (χ1n) is 8.04. The second kappa shape index (κ2) is 7.16. The normalized spacial score (nSPS) is 25.0. The lowest BCUT2D eigenvalue weighted by Gasteiger charge is -2.46. The van der Waals surface area contributed by atoms with Gasteiger partial charge in [0.05, 0.1) is 17.7 Å². The Morgan fingerprint density at radius 1 is 1.43 bits per heavy atom. The van der Waals surface area contributed by atoms with Crippen LogP contribution in [0.25, 0.3) is 0 Å². The SMILES string of the molecule is COCCN1C[C@H]2CCN(Cc3ccc(F)c(Cl)c3)[C@H](C2)C1=O. The Hall–Kier alpha value is -1.17. The van der Waals surface area contributed by atoms with Crippen LogP contribution in [0.1, 0.15) is 18.4 Å². The van der Waals surface area contributed by atoms with Crippen molar-refractivity contribution in [1.29, 1.82) is 0 Å². The number of nitrogens with zero attached hydrogens (tertiary/aromatic N) is 2. The number of carbonyl (C=O) groups is 1. The quantitative estimate of drug-likeness (QED) is 0.826. The summed E-state index contributed by atoms with van der Waals surface area (Å²) in [5.74, 6) is 0.349. The van der Waals surface area contributed by atoms with E-state index in [4.69, 9.17) is 16.3 Å². The van der Waals surface area contributed by atoms with Crippen LogP contribution in [0.15, 0.2) is 18.2 Å². The Morgan fingerprint density at radius 3 is 3.00 bits per heavy atom. The third-order valence-corrected chi connectivity index (χ3v) is 5.12. The molecular weight excluding hydrogens is 319 g/mol. The van der Waals surface area contributed by atoms with E-state index in [0.717, 1.165) is 31.5 Å². The van der Waals surface area contributed by atoms with Gasteiger partial charge in [0.15, 0.2) is 0 Å². The summed E-state index contributed by atoms with van der Waals surface area (Å²) in [5.41, 5.74) is 0.941. The largest absolute Gasteiger partial charge is 0.383 e. The molecule has 2 saturated heterocycles. The predicted octanol–water partition coefficient (Wildman–Crippen LogP) is 2.55. The van der Waals surface area contributed by atoms with E-state index < -0.39 is 5.82 Å². The van der Waals surface area contributed by atoms with E-state index in [9.17, 15) is 9.18 Å². The maximum Gasteiger partial charge on any atom is 0.240 e. The smallest absolute Gasteiger partial charge is 0.240 e. The number of hydrogen-bond acceptors (Lipinski definition) is 3. The molecule has 126 valence electrons. The molecule has 2 aliphatic rings. The zero-order chi connectivity index (χ0) is 16.4. The number of fused-ring (bicyclic) bond motifs is 2. The number of benzene rings is 1. The minimum Gasteiger partial charge on any atom is -0.383 e. The fraction of sp³-hybridized carbons (Fsp3) is 0.588. The highest BCUT2D eigenvalue weighted by molar-refractivity contribution is 6.30. The Kier molecular flexibility index (Phi) is 5.19. The summed E-state index contributed by atoms with van der Waals surface area (Å²) in [4.78, 5) is 16.8. The standard InChI is InChI=1S/C17H22ClFN2O2/c1-23-7-6-21-11-13-4-5-20(16(9-13)17(21)22)10-12-2-3-15(19)14(18)8-12/h2-3,8,13,16H,4-7,9-11H2,1H3/t13-,16+/m0/s1. The van der Waals surface area contributed by atoms with Gasteiger partial charge in [-0.25, -0.2) is 4.39 Å². The third kappa shape index (κ3) is 3.67. The molecule has 0 aliphatic carbocycles. The predicted molar refractivity (Wildman–Crippen MR) is 86.8 cm³/mol. The molecule has 2 heterocycles. The summed E-state index contributed by atoms with van der Waals surface area (Å²) in [6, 6.07) is 4.70. The molecule has 0 saturated carbocycles. The zero-order valence-electron chi connectivity index (χ0n) is 13.3. The molecule has 23 heavy (non-hydrogen) atoms. The van der Waals surface area contributed by atoms with E-state index in [-0.39, 0.29) is 17.0 Å². The van der Waals surface area contributed by atoms with Crippen LogP contribution in [0.5, 0.6) is 0 Å². The van der Waals surface area contributed by atoms with E-state index in [1.54, 1.807) is 19.2 Å². The topological polar surface area (TPSA) is 32.8 Å². The Morgan fingerprint density at radius 2 is 2.26 bits per heavy atom. The average molecular weight is 341 g/mol. The molecule has 1 aromatic rings. The van der Waals surface area contributed by atoms with Crippen LogP contribution in [-0.2, 0) is 16.1 Å². The number of rotatable bonds is 5. The number of amides is 1. The van der Waals surface area contributed by atoms with Crippen LogP contribution < -0.4 is 0 Å². The number of halogens is 2. The lowest BCUT2D eigenvalue weighted by Crippen LogP contribution is -2.58. The van der Waals surface area contributed by atoms with Gasteiger partial charge in [0.25, 0.3) is 0 Å². The first-order chi connectivity index (χ1) is 11.1. The zero-order valence-corrected chi connectivity index (χ0v) is 14.1. The average Bonchev–Trinajstić information content (AvgIpc) is 2.55. The molecule has 2 fully saturated rings. The summed E-state index contributed by atoms with van der Waals surface area (Å²) in [5, 5.41) is 0.133. The molecule has 6 heteroatoms. The lowest BCUT2D eigenvalue weighted by atomic mass is 9.85. The van der Waals surface area contributed by atoms with Gasteiger partial charge in [0.1, 0.15) is 5.82 Å². The molecule has 0 N–H and O–H groups in total. The van der Waals surface area contributed by atoms with Gasteiger partial charge in [-0.1, -0.05) is 17.7 Å². The van der Waals surface area contributed by atoms with E-state index >= 15 is 0 Å². The van der Waals surface area contributed by atoms with Crippen LogP contribution in [0.4, 0.5) is 4.39 Å². The number of methoxy groups -OCH3 is 1. The lowest BCUT2D eigenvalue weighted by molar-refractivity contribution is -0.146. The molecule has 0 aromatic heterocycles. The highest BCUT2D eigenvalue weighted by Crippen LogP contribution is 2.31. The van der Waals surface area contributed by atoms with Gasteiger partial charge in [-0.3, -0.25) is 9.69 Å². The summed E-state index contributed by atoms with van der Waals surface area (Å²) in [7, 11) is 1.65. The van der Waals surface area contributed by atoms with Crippen molar-refractivity contribution < 1.29 is 13.9 Å². The summed E-state index contributed by atoms with van der Waals surface area (Å²) in [6.07, 6.45) is 2.00. The third-order valence-electron chi connectivity index (χ3n) is 4.83. The van der Waals surface area contributed by atoms with Crippen molar-refractivity contribution in [2.24, 2.45) is 5.92 Å². The van der Waals surface area contributed by atoms with Crippen molar-refractivity contribution in [3.8, 4) is 0 Å². The highest BCUT2D eigenvalue weighted by Gasteiger charge is 2.40. The minimum absolute atomic E-state index is 0.0804. The first kappa shape index (κ1) is 16.7. The summed E-state index contributed by atoms with van der Waals surface area (Å²) < 4.78 is 18.4. The van der Waals surface area contributed by atoms with Gasteiger partial charge in [0, 0.05) is 26.7 Å². The number of carbonyl (C=O) groups excluding carboxylic acids is 1. The molecule has 2 aliphatic heterocycles. The molecule has 4 nitrogen and oxygen atoms in total. The van der Waals surface area contributed by atoms with Crippen molar-refractivity contribution in [1.82, 2.24) is 9.80 Å². The van der Waals surface area contributed by atoms with Crippen molar-refractivity contribution >= 4 is 17.5 Å². The van der Waals surface area contributed by atoms with E-state index in [1.165, 1.54) is 6.07 Å². The van der Waals surface area contributed by atoms with E-state index in [0.29, 0.717) is 25.6 Å². The monoisotopic (exact) mass is 340 g/mol. The van der Waals surface area contributed by atoms with Gasteiger partial charge in [0.2, 0.25) is 5.91 Å². The van der Waals surface area contributed by atoms with Gasteiger partial charge < -0.3 is 9.64 Å². The van der Waals surface area contributed by atoms with Crippen molar-refractivity contribution in [3.63, 3.8) is 0 Å². The second-order valence-corrected chi connectivity index (χ2v) is 6.81. The Balaban J connectivity index is 1.70. The van der Waals surface area contributed by atoms with Gasteiger partial charge in [-0.05, 0) is 43.0 Å². The van der Waals surface area contributed by atoms with Crippen LogP contribution in [0, 0.1) is 11.7 Å². The summed E-state index contributed by atoms with van der Waals surface area (Å²) >= 11 is 5.86. The number of likely N-dealkylation sites (tertiary alicyclic amines) is 2. The van der Waals surface area contributed by atoms with Crippen molar-refractivity contribution in [3.05, 3.63) is 34.6 Å². The number of hydrogen-bond donors (Lipinski definition) is 0. The number of ether oxygens (including phenoxy) is 1. The molecule has 0 radical (unpaired) electrons. The van der Waals surface area contributed by atoms with Crippen LogP contribution >= 0.6 is 11.6 Å². The molecule has 2 atom stereocenters. The fourth-order valence-corrected chi connectivity index (χ4v) is 3.79. The second-order valence-electron chi connectivity index (χ2n) is 6.40. The molecule has 1 aromatic carbocycles. The molecule has 0 unspecified atom stereocenters. The van der Waals surface area contributed by atoms with Gasteiger partial charge in [-0.15, -0.1) is 0 Å². The van der Waals surface area contributed by atoms with Gasteiger partial charge in [-0.2, -0.15) is 0 Å². The van der Waals surface area contributed by atoms with Crippen LogP contribution in [0.3, 0.4) is 0 Å². The Labute approximate surface area is 141 Å². The maximum atomic E-state index is 13.3. The molecule has 0 spiro atoms. The maximum absolute atomic E-state index is 13.3. The Bertz CT molecular complexity index is 584. The van der Waals surface area contributed by atoms with E-state index in [1.807, 2.05) is 4.90 Å². The van der Waals surface area contributed by atoms with Crippen molar-refractivity contribution in [2.75, 3.05) is 33.4 Å². The van der Waals surface area contributed by atoms with Gasteiger partial charge >= 0.3 is 0 Å². The van der Waals surface area contributed by atoms with E-state index in [2.05, 4.69) is 4.90 Å².